The molecular weight excluding hydrogens is 764 g/mol. The number of hydrogen-bond donors (Lipinski definition) is 14. The number of phenolic OH excluding ortho intramolecular Hbond substituents is 2. The van der Waals surface area contributed by atoms with E-state index in [1.165, 1.54) is 0 Å². The minimum atomic E-state index is -2.05. The van der Waals surface area contributed by atoms with E-state index >= 15 is 0 Å². The van der Waals surface area contributed by atoms with Crippen molar-refractivity contribution >= 4 is 11.0 Å². The molecule has 310 valence electrons. The molecule has 0 radical (unpaired) electrons. The van der Waals surface area contributed by atoms with Crippen molar-refractivity contribution in [3.05, 3.63) is 40.6 Å². The molecule has 3 aliphatic rings. The van der Waals surface area contributed by atoms with Gasteiger partial charge in [0.25, 0.3) is 0 Å². The molecule has 0 amide bonds. The first-order chi connectivity index (χ1) is 26.6. The van der Waals surface area contributed by atoms with E-state index in [0.717, 1.165) is 30.3 Å². The molecule has 15 unspecified atom stereocenters. The molecule has 3 aromatic rings. The molecule has 56 heavy (non-hydrogen) atoms. The van der Waals surface area contributed by atoms with Crippen LogP contribution < -0.4 is 19.8 Å². The Kier molecular flexibility index (Phi) is 12.5. The average molecular weight is 805 g/mol. The summed E-state index contributed by atoms with van der Waals surface area (Å²) in [6, 6.07) is 5.03. The van der Waals surface area contributed by atoms with Gasteiger partial charge in [-0.05, 0) is 18.2 Å². The zero-order chi connectivity index (χ0) is 40.7. The molecule has 0 spiro atoms. The fourth-order valence-electron chi connectivity index (χ4n) is 6.16. The number of rotatable bonds is 11. The summed E-state index contributed by atoms with van der Waals surface area (Å²) in [6.07, 6.45) is -27.3. The number of aliphatic hydroxyl groups excluding tert-OH is 12. The van der Waals surface area contributed by atoms with Crippen LogP contribution in [0, 0.1) is 0 Å². The molecule has 4 heterocycles. The Balaban J connectivity index is 1.49. The first-order valence-corrected chi connectivity index (χ1v) is 16.8. The molecule has 23 nitrogen and oxygen atoms in total. The van der Waals surface area contributed by atoms with Crippen LogP contribution in [0.25, 0.3) is 22.3 Å². The first-order valence-electron chi connectivity index (χ1n) is 16.8. The second-order valence-corrected chi connectivity index (χ2v) is 13.1. The largest absolute Gasteiger partial charge is 0.504 e. The van der Waals surface area contributed by atoms with Crippen LogP contribution in [0.1, 0.15) is 0 Å². The smallest absolute Gasteiger partial charge is 0.239 e. The molecular formula is C33H40O23. The van der Waals surface area contributed by atoms with E-state index in [0.29, 0.717) is 0 Å². The second-order valence-electron chi connectivity index (χ2n) is 13.1. The summed E-state index contributed by atoms with van der Waals surface area (Å²) in [5, 5.41) is 142. The van der Waals surface area contributed by atoms with Gasteiger partial charge in [-0.15, -0.1) is 0 Å². The summed E-state index contributed by atoms with van der Waals surface area (Å²) in [4.78, 5) is 25.1. The van der Waals surface area contributed by atoms with Gasteiger partial charge in [-0.3, -0.25) is 4.79 Å². The average Bonchev–Trinajstić information content (AvgIpc) is 3.18. The van der Waals surface area contributed by atoms with Crippen molar-refractivity contribution in [1.82, 2.24) is 0 Å². The maximum Gasteiger partial charge on any atom is 0.239 e. The highest BCUT2D eigenvalue weighted by atomic mass is 17.2. The van der Waals surface area contributed by atoms with Crippen LogP contribution in [-0.4, -0.2) is 183 Å². The second kappa shape index (κ2) is 16.9. The number of aromatic hydroxyl groups is 2. The molecule has 2 aromatic carbocycles. The molecule has 0 saturated carbocycles. The molecule has 3 aliphatic heterocycles. The van der Waals surface area contributed by atoms with Crippen LogP contribution in [0.15, 0.2) is 39.5 Å². The van der Waals surface area contributed by atoms with E-state index in [1.54, 1.807) is 0 Å². The van der Waals surface area contributed by atoms with Crippen molar-refractivity contribution in [1.29, 1.82) is 0 Å². The van der Waals surface area contributed by atoms with Crippen molar-refractivity contribution in [2.45, 2.75) is 92.1 Å². The highest BCUT2D eigenvalue weighted by molar-refractivity contribution is 5.88. The van der Waals surface area contributed by atoms with Gasteiger partial charge in [-0.25, -0.2) is 0 Å². The van der Waals surface area contributed by atoms with Crippen molar-refractivity contribution < 1.29 is 109 Å². The van der Waals surface area contributed by atoms with Gasteiger partial charge in [-0.2, -0.15) is 4.89 Å². The quantitative estimate of drug-likeness (QED) is 0.0488. The van der Waals surface area contributed by atoms with Crippen molar-refractivity contribution in [3.63, 3.8) is 0 Å². The molecule has 14 N–H and O–H groups in total. The van der Waals surface area contributed by atoms with E-state index in [4.69, 9.17) is 37.9 Å². The zero-order valence-corrected chi connectivity index (χ0v) is 28.6. The van der Waals surface area contributed by atoms with Crippen LogP contribution in [0.2, 0.25) is 0 Å². The lowest BCUT2D eigenvalue weighted by atomic mass is 9.99. The van der Waals surface area contributed by atoms with Crippen molar-refractivity contribution in [3.8, 4) is 40.1 Å². The number of aliphatic hydroxyl groups is 12. The van der Waals surface area contributed by atoms with Gasteiger partial charge in [0.1, 0.15) is 90.0 Å². The van der Waals surface area contributed by atoms with Gasteiger partial charge in [-0.1, -0.05) is 0 Å². The van der Waals surface area contributed by atoms with E-state index in [9.17, 15) is 76.3 Å². The van der Waals surface area contributed by atoms with Gasteiger partial charge in [0.15, 0.2) is 23.0 Å². The van der Waals surface area contributed by atoms with Crippen molar-refractivity contribution in [2.24, 2.45) is 0 Å². The standard InChI is InChI=1S/C33H40O23/c34-6-15-19(39)23(43)26(46)31(51-15)49-10-4-13-18(14(5-10)55-56-33-28(48)25(45)21(41)17(8-36)53-33)22(42)30(29(50-13)9-1-2-11(37)12(38)3-9)54-32-27(47)24(44)20(40)16(7-35)52-32/h1-5,15-17,19-21,23-28,31-41,43-48H,6-8H2. The summed E-state index contributed by atoms with van der Waals surface area (Å²) in [5.74, 6) is -3.79. The molecule has 15 atom stereocenters. The minimum absolute atomic E-state index is 0.167. The molecule has 23 heteroatoms. The first kappa shape index (κ1) is 41.6. The van der Waals surface area contributed by atoms with E-state index < -0.39 is 163 Å². The van der Waals surface area contributed by atoms with E-state index in [1.807, 2.05) is 0 Å². The third-order valence-electron chi connectivity index (χ3n) is 9.39. The van der Waals surface area contributed by atoms with Gasteiger partial charge >= 0.3 is 0 Å². The monoisotopic (exact) mass is 804 g/mol. The number of fused-ring (bicyclic) bond motifs is 1. The SMILES string of the molecule is O=c1c(OC2OC(CO)C(O)C(O)C2O)c(-c2ccc(O)c(O)c2)oc2cc(OC3OC(CO)C(O)C(O)C3O)cc(OOC3OC(CO)C(O)C(O)C3O)c12. The van der Waals surface area contributed by atoms with E-state index in [2.05, 4.69) is 0 Å². The minimum Gasteiger partial charge on any atom is -0.504 e. The third kappa shape index (κ3) is 7.81. The molecule has 0 aliphatic carbocycles. The summed E-state index contributed by atoms with van der Waals surface area (Å²) < 4.78 is 33.6. The van der Waals surface area contributed by atoms with Crippen LogP contribution in [0.4, 0.5) is 0 Å². The maximum atomic E-state index is 14.5. The predicted octanol–water partition coefficient (Wildman–Crippen LogP) is -5.66. The maximum absolute atomic E-state index is 14.5. The fourth-order valence-corrected chi connectivity index (χ4v) is 6.16. The number of ether oxygens (including phenoxy) is 5. The molecule has 6 rings (SSSR count). The topological polar surface area (TPSA) is 378 Å². The Hall–Kier alpha value is -3.99. The van der Waals surface area contributed by atoms with Crippen LogP contribution >= 0.6 is 0 Å². The normalized spacial score (nSPS) is 36.3. The number of phenols is 2. The summed E-state index contributed by atoms with van der Waals surface area (Å²) in [7, 11) is 0. The summed E-state index contributed by atoms with van der Waals surface area (Å²) in [6.45, 7) is -2.55. The number of hydrogen-bond acceptors (Lipinski definition) is 23. The lowest BCUT2D eigenvalue weighted by Crippen LogP contribution is -2.60. The summed E-state index contributed by atoms with van der Waals surface area (Å²) >= 11 is 0. The number of benzene rings is 2. The Bertz CT molecular complexity index is 1880. The Morgan fingerprint density at radius 1 is 0.571 bits per heavy atom. The Labute approximate surface area is 313 Å². The molecule has 3 saturated heterocycles. The lowest BCUT2D eigenvalue weighted by molar-refractivity contribution is -0.386. The summed E-state index contributed by atoms with van der Waals surface area (Å²) in [5.41, 5.74) is -1.86. The Morgan fingerprint density at radius 2 is 1.07 bits per heavy atom. The molecule has 0 bridgehead atoms. The zero-order valence-electron chi connectivity index (χ0n) is 28.6. The lowest BCUT2D eigenvalue weighted by Gasteiger charge is -2.39. The highest BCUT2D eigenvalue weighted by Gasteiger charge is 2.48. The third-order valence-corrected chi connectivity index (χ3v) is 9.39. The predicted molar refractivity (Wildman–Crippen MR) is 176 cm³/mol. The van der Waals surface area contributed by atoms with Gasteiger partial charge in [0, 0.05) is 17.7 Å². The van der Waals surface area contributed by atoms with E-state index in [-0.39, 0.29) is 5.56 Å². The van der Waals surface area contributed by atoms with Gasteiger partial charge < -0.3 is 104 Å². The van der Waals surface area contributed by atoms with Gasteiger partial charge in [0.2, 0.25) is 30.0 Å². The van der Waals surface area contributed by atoms with Crippen LogP contribution in [0.3, 0.4) is 0 Å². The van der Waals surface area contributed by atoms with Crippen molar-refractivity contribution in [2.75, 3.05) is 19.8 Å². The Morgan fingerprint density at radius 3 is 1.59 bits per heavy atom. The highest BCUT2D eigenvalue weighted by Crippen LogP contribution is 2.41. The van der Waals surface area contributed by atoms with Crippen LogP contribution in [-0.2, 0) is 19.1 Å². The van der Waals surface area contributed by atoms with Gasteiger partial charge in [0.05, 0.1) is 19.8 Å². The fraction of sp³-hybridized carbons (Fsp3) is 0.545. The molecule has 3 fully saturated rings. The van der Waals surface area contributed by atoms with Crippen LogP contribution in [0.5, 0.6) is 28.7 Å². The molecule has 1 aromatic heterocycles.